The number of halogens is 1. The van der Waals surface area contributed by atoms with Crippen molar-refractivity contribution >= 4 is 39.3 Å². The summed E-state index contributed by atoms with van der Waals surface area (Å²) in [5.41, 5.74) is 2.15. The van der Waals surface area contributed by atoms with Gasteiger partial charge in [0.2, 0.25) is 10.0 Å². The fraction of sp³-hybridized carbons (Fsp3) is 0.590. The third-order valence-corrected chi connectivity index (χ3v) is 14.3. The molecule has 1 spiro atoms. The largest absolute Gasteiger partial charge is 0.487 e. The van der Waals surface area contributed by atoms with Crippen LogP contribution in [0.5, 0.6) is 5.75 Å². The van der Waals surface area contributed by atoms with Crippen LogP contribution < -0.4 is 14.4 Å². The zero-order valence-electron chi connectivity index (χ0n) is 30.6. The van der Waals surface area contributed by atoms with E-state index in [4.69, 9.17) is 25.8 Å². The van der Waals surface area contributed by atoms with Gasteiger partial charge in [-0.3, -0.25) is 9.69 Å². The lowest BCUT2D eigenvalue weighted by molar-refractivity contribution is -0.136. The molecule has 5 aliphatic rings. The van der Waals surface area contributed by atoms with Gasteiger partial charge >= 0.3 is 6.09 Å². The lowest BCUT2D eigenvalue weighted by Crippen LogP contribution is -2.68. The molecule has 3 fully saturated rings. The normalized spacial score (nSPS) is 31.1. The molecular weight excluding hydrogens is 704 g/mol. The van der Waals surface area contributed by atoms with Crippen LogP contribution in [-0.4, -0.2) is 100 Å². The predicted octanol–water partition coefficient (Wildman–Crippen LogP) is 5.65. The number of methoxy groups -OCH3 is 1. The molecule has 11 nitrogen and oxygen atoms in total. The minimum atomic E-state index is -3.99. The number of hydrogen-bond acceptors (Lipinski definition) is 9. The zero-order chi connectivity index (χ0) is 36.8. The summed E-state index contributed by atoms with van der Waals surface area (Å²) in [7, 11) is -0.446. The number of aryl methyl sites for hydroxylation is 1. The van der Waals surface area contributed by atoms with E-state index in [0.29, 0.717) is 50.0 Å². The van der Waals surface area contributed by atoms with Gasteiger partial charge in [-0.15, -0.1) is 0 Å². The molecule has 1 N–H and O–H groups in total. The Hall–Kier alpha value is -3.32. The Kier molecular flexibility index (Phi) is 10.3. The first-order valence-corrected chi connectivity index (χ1v) is 20.5. The molecule has 5 atom stereocenters. The summed E-state index contributed by atoms with van der Waals surface area (Å²) in [4.78, 5) is 32.1. The van der Waals surface area contributed by atoms with E-state index in [9.17, 15) is 18.0 Å². The number of amides is 2. The number of sulfonamides is 1. The van der Waals surface area contributed by atoms with Gasteiger partial charge < -0.3 is 24.0 Å². The van der Waals surface area contributed by atoms with Crippen LogP contribution in [0.1, 0.15) is 67.4 Å². The Morgan fingerprint density at radius 3 is 2.56 bits per heavy atom. The number of benzene rings is 2. The predicted molar refractivity (Wildman–Crippen MR) is 200 cm³/mol. The first-order valence-electron chi connectivity index (χ1n) is 18.5. The fourth-order valence-electron chi connectivity index (χ4n) is 8.82. The van der Waals surface area contributed by atoms with Crippen LogP contribution in [0.3, 0.4) is 0 Å². The highest BCUT2D eigenvalue weighted by atomic mass is 35.5. The molecular formula is C39H51ClN4O7S. The molecule has 7 rings (SSSR count). The van der Waals surface area contributed by atoms with Crippen molar-refractivity contribution in [3.63, 3.8) is 0 Å². The van der Waals surface area contributed by atoms with E-state index in [2.05, 4.69) is 26.7 Å². The van der Waals surface area contributed by atoms with Gasteiger partial charge in [-0.2, -0.15) is 0 Å². The summed E-state index contributed by atoms with van der Waals surface area (Å²) in [6, 6.07) is 11.1. The van der Waals surface area contributed by atoms with Gasteiger partial charge in [0, 0.05) is 57.5 Å². The van der Waals surface area contributed by atoms with E-state index in [0.717, 1.165) is 56.4 Å². The first kappa shape index (κ1) is 37.0. The quantitative estimate of drug-likeness (QED) is 0.397. The summed E-state index contributed by atoms with van der Waals surface area (Å²) in [6.45, 7) is 7.82. The molecule has 2 amide bonds. The second-order valence-corrected chi connectivity index (χ2v) is 18.2. The maximum atomic E-state index is 13.6. The minimum absolute atomic E-state index is 0.184. The standard InChI is InChI=1S/C39H51ClN4O7S/c1-26-8-7-16-39(49-4,25-43-23-38(24-43)22-42(3)37(46)51-38)33-14-11-30(33)20-44-17-6-5-9-28-18-32(40)13-10-31(28)21-50-35-15-12-29(19-34(35)44)36(45)41-52(47,48)27(26)2/h7,10,12-13,15-16,18-19,26-27,30,33H,5-6,8-9,11,14,17,20-25H2,1-4H3,(H,41,45)/b16-7+/t26-,27+,30-,33+,39+/m0/s1. The fourth-order valence-corrected chi connectivity index (χ4v) is 10.3. The minimum Gasteiger partial charge on any atom is -0.487 e. The lowest BCUT2D eigenvalue weighted by atomic mass is 9.63. The van der Waals surface area contributed by atoms with Gasteiger partial charge in [-0.1, -0.05) is 36.7 Å². The monoisotopic (exact) mass is 754 g/mol. The van der Waals surface area contributed by atoms with Crippen LogP contribution in [0.25, 0.3) is 0 Å². The van der Waals surface area contributed by atoms with E-state index in [1.54, 1.807) is 44.2 Å². The number of carbonyl (C=O) groups excluding carboxylic acids is 2. The molecule has 4 heterocycles. The van der Waals surface area contributed by atoms with Gasteiger partial charge in [0.15, 0.2) is 5.60 Å². The molecule has 2 aromatic rings. The number of rotatable bonds is 3. The molecule has 2 aromatic carbocycles. The second kappa shape index (κ2) is 14.5. The van der Waals surface area contributed by atoms with Crippen LogP contribution >= 0.6 is 11.6 Å². The van der Waals surface area contributed by atoms with Crippen LogP contribution in [0.15, 0.2) is 48.6 Å². The third-order valence-electron chi connectivity index (χ3n) is 12.2. The molecule has 2 saturated heterocycles. The summed E-state index contributed by atoms with van der Waals surface area (Å²) in [5, 5.41) is -0.119. The molecule has 1 saturated carbocycles. The van der Waals surface area contributed by atoms with Crippen LogP contribution in [0.2, 0.25) is 5.02 Å². The van der Waals surface area contributed by atoms with Crippen LogP contribution in [0.4, 0.5) is 10.5 Å². The molecule has 282 valence electrons. The summed E-state index contributed by atoms with van der Waals surface area (Å²) >= 11 is 6.39. The molecule has 0 aromatic heterocycles. The number of likely N-dealkylation sites (N-methyl/N-ethyl adjacent to an activating group) is 1. The molecule has 13 heteroatoms. The van der Waals surface area contributed by atoms with Gasteiger partial charge in [0.25, 0.3) is 5.91 Å². The van der Waals surface area contributed by atoms with Crippen molar-refractivity contribution in [3.8, 4) is 5.75 Å². The smallest absolute Gasteiger partial charge is 0.410 e. The molecule has 0 radical (unpaired) electrons. The van der Waals surface area contributed by atoms with E-state index in [1.165, 1.54) is 5.56 Å². The van der Waals surface area contributed by atoms with Crippen LogP contribution in [0, 0.1) is 17.8 Å². The summed E-state index contributed by atoms with van der Waals surface area (Å²) in [6.07, 6.45) is 9.17. The number of carbonyl (C=O) groups is 2. The highest BCUT2D eigenvalue weighted by Crippen LogP contribution is 2.48. The van der Waals surface area contributed by atoms with Crippen molar-refractivity contribution in [1.29, 1.82) is 0 Å². The average molecular weight is 755 g/mol. The number of anilines is 1. The van der Waals surface area contributed by atoms with E-state index >= 15 is 0 Å². The summed E-state index contributed by atoms with van der Waals surface area (Å²) in [5.74, 6) is 0.192. The van der Waals surface area contributed by atoms with Gasteiger partial charge in [0.1, 0.15) is 18.0 Å². The number of nitrogens with zero attached hydrogens (tertiary/aromatic N) is 3. The SMILES string of the molecule is CO[C@@]1(CN2CC3(C2)CN(C)C(=O)O3)/C=C/C[C@H](C)[C@@H](C)S(=O)(=O)NC(=O)c2ccc3c(c2)N(CCCCc2cc(Cl)ccc2CO3)C[C@@H]2CC[C@H]21. The number of allylic oxidation sites excluding steroid dienone is 1. The third kappa shape index (κ3) is 7.28. The Balaban J connectivity index is 1.24. The number of likely N-dealkylation sites (tertiary alicyclic amines) is 1. The van der Waals surface area contributed by atoms with Crippen LogP contribution in [-0.2, 0) is 32.5 Å². The Labute approximate surface area is 312 Å². The Bertz CT molecular complexity index is 1830. The molecule has 2 bridgehead atoms. The maximum Gasteiger partial charge on any atom is 0.410 e. The zero-order valence-corrected chi connectivity index (χ0v) is 32.2. The molecule has 4 aliphatic heterocycles. The van der Waals surface area contributed by atoms with E-state index in [1.807, 2.05) is 25.1 Å². The number of nitrogens with one attached hydrogen (secondary N) is 1. The van der Waals surface area contributed by atoms with Crippen molar-refractivity contribution in [3.05, 3.63) is 70.3 Å². The van der Waals surface area contributed by atoms with Crippen molar-refractivity contribution in [2.24, 2.45) is 17.8 Å². The highest BCUT2D eigenvalue weighted by molar-refractivity contribution is 7.90. The average Bonchev–Trinajstić information content (AvgIpc) is 3.37. The Morgan fingerprint density at radius 1 is 1.04 bits per heavy atom. The van der Waals surface area contributed by atoms with E-state index < -0.39 is 32.4 Å². The van der Waals surface area contributed by atoms with Gasteiger partial charge in [-0.05, 0) is 105 Å². The number of fused-ring (bicyclic) bond motifs is 3. The second-order valence-electron chi connectivity index (χ2n) is 15.7. The molecule has 0 unspecified atom stereocenters. The van der Waals surface area contributed by atoms with Gasteiger partial charge in [0.05, 0.1) is 17.5 Å². The van der Waals surface area contributed by atoms with Crippen molar-refractivity contribution < 1.29 is 32.2 Å². The van der Waals surface area contributed by atoms with Crippen molar-refractivity contribution in [2.45, 2.75) is 75.4 Å². The van der Waals surface area contributed by atoms with Crippen molar-refractivity contribution in [1.82, 2.24) is 14.5 Å². The van der Waals surface area contributed by atoms with Gasteiger partial charge in [-0.25, -0.2) is 17.9 Å². The topological polar surface area (TPSA) is 118 Å². The maximum absolute atomic E-state index is 13.6. The number of hydrogen-bond donors (Lipinski definition) is 1. The Morgan fingerprint density at radius 2 is 1.85 bits per heavy atom. The first-order chi connectivity index (χ1) is 24.8. The lowest BCUT2D eigenvalue weighted by Gasteiger charge is -2.54. The summed E-state index contributed by atoms with van der Waals surface area (Å²) < 4.78 is 48.3. The number of ether oxygens (including phenoxy) is 3. The van der Waals surface area contributed by atoms with E-state index in [-0.39, 0.29) is 29.4 Å². The molecule has 52 heavy (non-hydrogen) atoms. The van der Waals surface area contributed by atoms with Crippen molar-refractivity contribution in [2.75, 3.05) is 58.3 Å². The highest BCUT2D eigenvalue weighted by Gasteiger charge is 2.56. The molecule has 1 aliphatic carbocycles.